The average molecular weight is 416 g/mol. The lowest BCUT2D eigenvalue weighted by molar-refractivity contribution is -0.132. The number of benzene rings is 2. The number of nitrogens with zero attached hydrogens (tertiary/aromatic N) is 2. The minimum atomic E-state index is -3.53. The van der Waals surface area contributed by atoms with E-state index in [0.29, 0.717) is 25.8 Å². The molecule has 0 radical (unpaired) electrons. The molecule has 0 unspecified atom stereocenters. The molecule has 6 nitrogen and oxygen atoms in total. The normalized spacial score (nSPS) is 15.4. The first-order valence-corrected chi connectivity index (χ1v) is 11.5. The number of hydrogen-bond acceptors (Lipinski definition) is 4. The molecule has 1 heterocycles. The third-order valence-corrected chi connectivity index (χ3v) is 6.74. The number of nitrogens with one attached hydrogen (secondary N) is 1. The van der Waals surface area contributed by atoms with E-state index >= 15 is 0 Å². The molecule has 1 saturated heterocycles. The zero-order chi connectivity index (χ0) is 20.7. The summed E-state index contributed by atoms with van der Waals surface area (Å²) < 4.78 is 27.6. The predicted octanol–water partition coefficient (Wildman–Crippen LogP) is 1.91. The van der Waals surface area contributed by atoms with Gasteiger partial charge in [-0.15, -0.1) is 0 Å². The molecule has 3 rings (SSSR count). The molecule has 1 N–H and O–H groups in total. The molecule has 0 aromatic heterocycles. The Hall–Kier alpha value is -2.22. The van der Waals surface area contributed by atoms with Crippen LogP contribution < -0.4 is 4.72 Å². The van der Waals surface area contributed by atoms with E-state index in [1.165, 1.54) is 0 Å². The van der Waals surface area contributed by atoms with Gasteiger partial charge < -0.3 is 9.80 Å². The quantitative estimate of drug-likeness (QED) is 0.715. The molecule has 0 aliphatic carbocycles. The Balaban J connectivity index is 1.47. The fraction of sp³-hybridized carbons (Fsp3) is 0.409. The smallest absolute Gasteiger partial charge is 0.240 e. The van der Waals surface area contributed by atoms with E-state index in [-0.39, 0.29) is 10.8 Å². The highest BCUT2D eigenvalue weighted by atomic mass is 32.2. The topological polar surface area (TPSA) is 69.7 Å². The van der Waals surface area contributed by atoms with Crippen molar-refractivity contribution in [3.8, 4) is 0 Å². The number of piperazine rings is 1. The standard InChI is InChI=1S/C22H29N3O3S/c1-24-15-17-25(18-16-24)22(26)12-9-20-7-10-21(11-8-20)29(27,28)23-14-13-19-5-3-2-4-6-19/h2-8,10-11,23H,9,12-18H2,1H3. The molecule has 2 aromatic carbocycles. The van der Waals surface area contributed by atoms with Gasteiger partial charge in [-0.1, -0.05) is 42.5 Å². The summed E-state index contributed by atoms with van der Waals surface area (Å²) >= 11 is 0. The zero-order valence-electron chi connectivity index (χ0n) is 16.9. The van der Waals surface area contributed by atoms with Gasteiger partial charge in [0, 0.05) is 39.1 Å². The number of likely N-dealkylation sites (N-methyl/N-ethyl adjacent to an activating group) is 1. The van der Waals surface area contributed by atoms with Crippen LogP contribution in [0.15, 0.2) is 59.5 Å². The number of sulfonamides is 1. The van der Waals surface area contributed by atoms with Gasteiger partial charge in [0.1, 0.15) is 0 Å². The van der Waals surface area contributed by atoms with Crippen molar-refractivity contribution in [1.82, 2.24) is 14.5 Å². The van der Waals surface area contributed by atoms with Crippen molar-refractivity contribution in [1.29, 1.82) is 0 Å². The molecule has 2 aromatic rings. The van der Waals surface area contributed by atoms with E-state index < -0.39 is 10.0 Å². The SMILES string of the molecule is CN1CCN(C(=O)CCc2ccc(S(=O)(=O)NCCc3ccccc3)cc2)CC1. The van der Waals surface area contributed by atoms with Crippen LogP contribution >= 0.6 is 0 Å². The van der Waals surface area contributed by atoms with Crippen molar-refractivity contribution in [2.24, 2.45) is 0 Å². The van der Waals surface area contributed by atoms with Crippen LogP contribution in [-0.2, 0) is 27.7 Å². The minimum Gasteiger partial charge on any atom is -0.340 e. The number of hydrogen-bond donors (Lipinski definition) is 1. The van der Waals surface area contributed by atoms with E-state index in [1.54, 1.807) is 24.3 Å². The second-order valence-corrected chi connectivity index (χ2v) is 9.23. The van der Waals surface area contributed by atoms with Gasteiger partial charge >= 0.3 is 0 Å². The van der Waals surface area contributed by atoms with Crippen LogP contribution in [0.1, 0.15) is 17.5 Å². The summed E-state index contributed by atoms with van der Waals surface area (Å²) in [6, 6.07) is 16.6. The number of carbonyl (C=O) groups is 1. The maximum atomic E-state index is 12.5. The van der Waals surface area contributed by atoms with Gasteiger partial charge in [-0.05, 0) is 43.1 Å². The molecule has 0 spiro atoms. The second kappa shape index (κ2) is 10.0. The van der Waals surface area contributed by atoms with Crippen molar-refractivity contribution in [2.75, 3.05) is 39.8 Å². The monoisotopic (exact) mass is 415 g/mol. The maximum Gasteiger partial charge on any atom is 0.240 e. The zero-order valence-corrected chi connectivity index (χ0v) is 17.7. The van der Waals surface area contributed by atoms with Crippen molar-refractivity contribution in [2.45, 2.75) is 24.2 Å². The average Bonchev–Trinajstić information content (AvgIpc) is 2.73. The highest BCUT2D eigenvalue weighted by Gasteiger charge is 2.19. The van der Waals surface area contributed by atoms with Crippen LogP contribution in [0.25, 0.3) is 0 Å². The van der Waals surface area contributed by atoms with Gasteiger partial charge in [0.25, 0.3) is 0 Å². The van der Waals surface area contributed by atoms with Gasteiger partial charge in [-0.2, -0.15) is 0 Å². The number of carbonyl (C=O) groups excluding carboxylic acids is 1. The van der Waals surface area contributed by atoms with Crippen LogP contribution in [0.3, 0.4) is 0 Å². The summed E-state index contributed by atoms with van der Waals surface area (Å²) in [5.41, 5.74) is 2.06. The van der Waals surface area contributed by atoms with Gasteiger partial charge in [-0.3, -0.25) is 4.79 Å². The molecule has 0 saturated carbocycles. The maximum absolute atomic E-state index is 12.5. The summed E-state index contributed by atoms with van der Waals surface area (Å²) in [6.07, 6.45) is 1.71. The highest BCUT2D eigenvalue weighted by molar-refractivity contribution is 7.89. The minimum absolute atomic E-state index is 0.164. The van der Waals surface area contributed by atoms with Gasteiger partial charge in [0.2, 0.25) is 15.9 Å². The van der Waals surface area contributed by atoms with E-state index in [1.807, 2.05) is 35.2 Å². The Morgan fingerprint density at radius 3 is 2.17 bits per heavy atom. The molecule has 1 amide bonds. The van der Waals surface area contributed by atoms with Crippen molar-refractivity contribution < 1.29 is 13.2 Å². The number of amides is 1. The van der Waals surface area contributed by atoms with Gasteiger partial charge in [0.05, 0.1) is 4.90 Å². The Kier molecular flexibility index (Phi) is 7.41. The number of aryl methyl sites for hydroxylation is 1. The molecular formula is C22H29N3O3S. The van der Waals surface area contributed by atoms with Crippen LogP contribution in [0.2, 0.25) is 0 Å². The fourth-order valence-electron chi connectivity index (χ4n) is 3.36. The summed E-state index contributed by atoms with van der Waals surface area (Å²) in [4.78, 5) is 16.7. The van der Waals surface area contributed by atoms with Crippen LogP contribution in [0, 0.1) is 0 Å². The Labute approximate surface area is 173 Å². The second-order valence-electron chi connectivity index (χ2n) is 7.46. The molecule has 1 aliphatic heterocycles. The number of rotatable bonds is 8. The van der Waals surface area contributed by atoms with Gasteiger partial charge in [-0.25, -0.2) is 13.1 Å². The Morgan fingerprint density at radius 1 is 0.897 bits per heavy atom. The van der Waals surface area contributed by atoms with Crippen LogP contribution in [0.4, 0.5) is 0 Å². The molecule has 0 bridgehead atoms. The molecule has 7 heteroatoms. The molecular weight excluding hydrogens is 386 g/mol. The van der Waals surface area contributed by atoms with E-state index in [2.05, 4.69) is 16.7 Å². The van der Waals surface area contributed by atoms with E-state index in [0.717, 1.165) is 37.3 Å². The first-order valence-electron chi connectivity index (χ1n) is 10.0. The first-order chi connectivity index (χ1) is 13.9. The van der Waals surface area contributed by atoms with Crippen molar-refractivity contribution in [3.05, 3.63) is 65.7 Å². The molecule has 29 heavy (non-hydrogen) atoms. The fourth-order valence-corrected chi connectivity index (χ4v) is 4.39. The Bertz CT molecular complexity index is 891. The molecule has 1 aliphatic rings. The van der Waals surface area contributed by atoms with Crippen LogP contribution in [-0.4, -0.2) is 63.9 Å². The lowest BCUT2D eigenvalue weighted by Crippen LogP contribution is -2.47. The summed E-state index contributed by atoms with van der Waals surface area (Å²) in [6.45, 7) is 3.74. The van der Waals surface area contributed by atoms with E-state index in [4.69, 9.17) is 0 Å². The molecule has 0 atom stereocenters. The summed E-state index contributed by atoms with van der Waals surface area (Å²) in [7, 11) is -1.47. The van der Waals surface area contributed by atoms with Crippen molar-refractivity contribution >= 4 is 15.9 Å². The summed E-state index contributed by atoms with van der Waals surface area (Å²) in [5.74, 6) is 0.164. The van der Waals surface area contributed by atoms with E-state index in [9.17, 15) is 13.2 Å². The predicted molar refractivity (Wildman–Crippen MR) is 114 cm³/mol. The van der Waals surface area contributed by atoms with Crippen LogP contribution in [0.5, 0.6) is 0 Å². The highest BCUT2D eigenvalue weighted by Crippen LogP contribution is 2.13. The van der Waals surface area contributed by atoms with Gasteiger partial charge in [0.15, 0.2) is 0 Å². The van der Waals surface area contributed by atoms with Crippen molar-refractivity contribution in [3.63, 3.8) is 0 Å². The lowest BCUT2D eigenvalue weighted by atomic mass is 10.1. The third kappa shape index (κ3) is 6.39. The Morgan fingerprint density at radius 2 is 1.52 bits per heavy atom. The lowest BCUT2D eigenvalue weighted by Gasteiger charge is -2.32. The largest absolute Gasteiger partial charge is 0.340 e. The molecule has 156 valence electrons. The first kappa shape index (κ1) is 21.5. The molecule has 1 fully saturated rings. The summed E-state index contributed by atoms with van der Waals surface area (Å²) in [5, 5.41) is 0. The third-order valence-electron chi connectivity index (χ3n) is 5.27.